The first-order valence-electron chi connectivity index (χ1n) is 7.08. The number of rotatable bonds is 3. The largest absolute Gasteiger partial charge is 0.484 e. The average molecular weight is 261 g/mol. The lowest BCUT2D eigenvalue weighted by atomic mass is 9.97. The molecule has 0 spiro atoms. The summed E-state index contributed by atoms with van der Waals surface area (Å²) in [6, 6.07) is 8.46. The van der Waals surface area contributed by atoms with Gasteiger partial charge in [-0.25, -0.2) is 0 Å². The number of aryl methyl sites for hydroxylation is 1. The molecule has 1 fully saturated rings. The van der Waals surface area contributed by atoms with Crippen molar-refractivity contribution in [3.05, 3.63) is 29.8 Å². The number of likely N-dealkylation sites (tertiary alicyclic amines) is 1. The van der Waals surface area contributed by atoms with Crippen LogP contribution >= 0.6 is 0 Å². The number of piperidine rings is 1. The molecule has 0 bridgehead atoms. The molecule has 1 aliphatic heterocycles. The van der Waals surface area contributed by atoms with E-state index in [0.29, 0.717) is 12.1 Å². The Hall–Kier alpha value is -1.51. The third-order valence-electron chi connectivity index (χ3n) is 3.86. The number of nitrogens with zero attached hydrogens (tertiary/aromatic N) is 1. The zero-order valence-electron chi connectivity index (χ0n) is 12.1. The minimum Gasteiger partial charge on any atom is -0.484 e. The highest BCUT2D eigenvalue weighted by Crippen LogP contribution is 2.22. The van der Waals surface area contributed by atoms with Crippen molar-refractivity contribution < 1.29 is 9.53 Å². The Balaban J connectivity index is 1.91. The van der Waals surface area contributed by atoms with Gasteiger partial charge in [0.1, 0.15) is 5.75 Å². The van der Waals surface area contributed by atoms with E-state index in [-0.39, 0.29) is 12.5 Å². The van der Waals surface area contributed by atoms with E-state index in [9.17, 15) is 4.79 Å². The first kappa shape index (κ1) is 13.9. The van der Waals surface area contributed by atoms with E-state index in [4.69, 9.17) is 4.74 Å². The van der Waals surface area contributed by atoms with Crippen LogP contribution in [0.5, 0.6) is 5.75 Å². The summed E-state index contributed by atoms with van der Waals surface area (Å²) in [5, 5.41) is 0. The Morgan fingerprint density at radius 1 is 1.21 bits per heavy atom. The quantitative estimate of drug-likeness (QED) is 0.836. The lowest BCUT2D eigenvalue weighted by molar-refractivity contribution is -0.139. The van der Waals surface area contributed by atoms with Crippen LogP contribution in [-0.2, 0) is 4.79 Å². The fourth-order valence-corrected chi connectivity index (χ4v) is 2.77. The molecule has 0 radical (unpaired) electrons. The van der Waals surface area contributed by atoms with E-state index in [1.54, 1.807) is 0 Å². The number of hydrogen-bond acceptors (Lipinski definition) is 2. The van der Waals surface area contributed by atoms with Gasteiger partial charge in [0.15, 0.2) is 6.61 Å². The lowest BCUT2D eigenvalue weighted by Gasteiger charge is -2.38. The molecule has 2 atom stereocenters. The summed E-state index contributed by atoms with van der Waals surface area (Å²) in [5.41, 5.74) is 1.19. The molecule has 104 valence electrons. The highest BCUT2D eigenvalue weighted by Gasteiger charge is 2.28. The Bertz CT molecular complexity index is 417. The molecule has 1 aromatic carbocycles. The molecular formula is C16H23NO2. The Morgan fingerprint density at radius 2 is 1.79 bits per heavy atom. The molecule has 1 aliphatic rings. The molecule has 3 heteroatoms. The maximum absolute atomic E-state index is 12.3. The monoisotopic (exact) mass is 261 g/mol. The van der Waals surface area contributed by atoms with Crippen LogP contribution in [0.4, 0.5) is 0 Å². The van der Waals surface area contributed by atoms with Crippen molar-refractivity contribution in [3.8, 4) is 5.75 Å². The van der Waals surface area contributed by atoms with E-state index in [0.717, 1.165) is 18.6 Å². The molecule has 1 heterocycles. The number of amides is 1. The number of ether oxygens (including phenoxy) is 1. The van der Waals surface area contributed by atoms with Crippen LogP contribution in [0.2, 0.25) is 0 Å². The van der Waals surface area contributed by atoms with Gasteiger partial charge in [-0.2, -0.15) is 0 Å². The van der Waals surface area contributed by atoms with Crippen LogP contribution in [0, 0.1) is 6.92 Å². The minimum atomic E-state index is 0.0975. The fourth-order valence-electron chi connectivity index (χ4n) is 2.77. The zero-order valence-corrected chi connectivity index (χ0v) is 12.1. The Kier molecular flexibility index (Phi) is 4.46. The molecule has 2 unspecified atom stereocenters. The van der Waals surface area contributed by atoms with Crippen molar-refractivity contribution in [2.75, 3.05) is 6.61 Å². The van der Waals surface area contributed by atoms with Gasteiger partial charge in [-0.1, -0.05) is 17.7 Å². The highest BCUT2D eigenvalue weighted by atomic mass is 16.5. The predicted octanol–water partition coefficient (Wildman–Crippen LogP) is 3.16. The van der Waals surface area contributed by atoms with Crippen molar-refractivity contribution in [1.29, 1.82) is 0 Å². The lowest BCUT2D eigenvalue weighted by Crippen LogP contribution is -2.49. The molecule has 0 aliphatic carbocycles. The molecular weight excluding hydrogens is 238 g/mol. The van der Waals surface area contributed by atoms with Crippen LogP contribution < -0.4 is 4.74 Å². The van der Waals surface area contributed by atoms with Gasteiger partial charge in [-0.05, 0) is 52.2 Å². The van der Waals surface area contributed by atoms with Gasteiger partial charge in [0.05, 0.1) is 0 Å². The molecule has 2 rings (SSSR count). The maximum atomic E-state index is 12.3. The summed E-state index contributed by atoms with van der Waals surface area (Å²) in [6.45, 7) is 6.42. The SMILES string of the molecule is Cc1ccc(OCC(=O)N2C(C)CCCC2C)cc1. The van der Waals surface area contributed by atoms with Crippen LogP contribution in [0.1, 0.15) is 38.7 Å². The molecule has 1 saturated heterocycles. The van der Waals surface area contributed by atoms with Gasteiger partial charge in [0, 0.05) is 12.1 Å². The smallest absolute Gasteiger partial charge is 0.260 e. The Labute approximate surface area is 115 Å². The summed E-state index contributed by atoms with van der Waals surface area (Å²) in [6.07, 6.45) is 3.41. The molecule has 0 N–H and O–H groups in total. The van der Waals surface area contributed by atoms with Crippen LogP contribution in [-0.4, -0.2) is 29.5 Å². The number of carbonyl (C=O) groups excluding carboxylic acids is 1. The number of carbonyl (C=O) groups is 1. The topological polar surface area (TPSA) is 29.5 Å². The third-order valence-corrected chi connectivity index (χ3v) is 3.86. The average Bonchev–Trinajstić information content (AvgIpc) is 2.38. The normalized spacial score (nSPS) is 23.2. The second kappa shape index (κ2) is 6.09. The summed E-state index contributed by atoms with van der Waals surface area (Å²) >= 11 is 0. The van der Waals surface area contributed by atoms with Gasteiger partial charge in [0.2, 0.25) is 0 Å². The molecule has 1 amide bonds. The van der Waals surface area contributed by atoms with E-state index < -0.39 is 0 Å². The van der Waals surface area contributed by atoms with Crippen molar-refractivity contribution in [2.45, 2.75) is 52.1 Å². The molecule has 0 aromatic heterocycles. The first-order valence-corrected chi connectivity index (χ1v) is 7.08. The fraction of sp³-hybridized carbons (Fsp3) is 0.562. The summed E-state index contributed by atoms with van der Waals surface area (Å²) < 4.78 is 5.58. The predicted molar refractivity (Wildman–Crippen MR) is 76.3 cm³/mol. The maximum Gasteiger partial charge on any atom is 0.260 e. The zero-order chi connectivity index (χ0) is 13.8. The number of hydrogen-bond donors (Lipinski definition) is 0. The highest BCUT2D eigenvalue weighted by molar-refractivity contribution is 5.78. The van der Waals surface area contributed by atoms with Gasteiger partial charge in [-0.3, -0.25) is 4.79 Å². The summed E-state index contributed by atoms with van der Waals surface area (Å²) in [4.78, 5) is 14.2. The summed E-state index contributed by atoms with van der Waals surface area (Å²) in [7, 11) is 0. The van der Waals surface area contributed by atoms with E-state index >= 15 is 0 Å². The van der Waals surface area contributed by atoms with Crippen molar-refractivity contribution in [2.24, 2.45) is 0 Å². The molecule has 0 saturated carbocycles. The second-order valence-corrected chi connectivity index (χ2v) is 5.53. The minimum absolute atomic E-state index is 0.0975. The van der Waals surface area contributed by atoms with Crippen LogP contribution in [0.15, 0.2) is 24.3 Å². The van der Waals surface area contributed by atoms with E-state index in [2.05, 4.69) is 13.8 Å². The molecule has 1 aromatic rings. The van der Waals surface area contributed by atoms with E-state index in [1.807, 2.05) is 36.1 Å². The van der Waals surface area contributed by atoms with Crippen molar-refractivity contribution in [1.82, 2.24) is 4.90 Å². The molecule has 19 heavy (non-hydrogen) atoms. The third kappa shape index (κ3) is 3.49. The van der Waals surface area contributed by atoms with Crippen LogP contribution in [0.3, 0.4) is 0 Å². The Morgan fingerprint density at radius 3 is 2.37 bits per heavy atom. The standard InChI is InChI=1S/C16H23NO2/c1-12-7-9-15(10-8-12)19-11-16(18)17-13(2)5-4-6-14(17)3/h7-10,13-14H,4-6,11H2,1-3H3. The van der Waals surface area contributed by atoms with Gasteiger partial charge < -0.3 is 9.64 Å². The second-order valence-electron chi connectivity index (χ2n) is 5.53. The molecule has 3 nitrogen and oxygen atoms in total. The first-order chi connectivity index (χ1) is 9.08. The summed E-state index contributed by atoms with van der Waals surface area (Å²) in [5.74, 6) is 0.858. The van der Waals surface area contributed by atoms with Crippen LogP contribution in [0.25, 0.3) is 0 Å². The van der Waals surface area contributed by atoms with Crippen molar-refractivity contribution in [3.63, 3.8) is 0 Å². The van der Waals surface area contributed by atoms with Gasteiger partial charge in [0.25, 0.3) is 5.91 Å². The van der Waals surface area contributed by atoms with Gasteiger partial charge in [-0.15, -0.1) is 0 Å². The van der Waals surface area contributed by atoms with Gasteiger partial charge >= 0.3 is 0 Å². The van der Waals surface area contributed by atoms with Crippen molar-refractivity contribution >= 4 is 5.91 Å². The van der Waals surface area contributed by atoms with E-state index in [1.165, 1.54) is 12.0 Å². The number of benzene rings is 1.